The molecule has 6 heteroatoms. The van der Waals surface area contributed by atoms with Gasteiger partial charge in [-0.1, -0.05) is 12.1 Å². The van der Waals surface area contributed by atoms with Crippen LogP contribution < -0.4 is 21.7 Å². The molecule has 0 spiro atoms. The summed E-state index contributed by atoms with van der Waals surface area (Å²) >= 11 is 0. The second-order valence-corrected chi connectivity index (χ2v) is 5.73. The summed E-state index contributed by atoms with van der Waals surface area (Å²) in [5.41, 5.74) is 6.69. The third kappa shape index (κ3) is 5.04. The van der Waals surface area contributed by atoms with Gasteiger partial charge in [0.25, 0.3) is 0 Å². The average molecular weight is 304 g/mol. The van der Waals surface area contributed by atoms with E-state index < -0.39 is 6.03 Å². The van der Waals surface area contributed by atoms with E-state index in [1.165, 1.54) is 6.42 Å². The molecule has 2 unspecified atom stereocenters. The maximum atomic E-state index is 12.0. The van der Waals surface area contributed by atoms with Crippen LogP contribution in [0, 0.1) is 0 Å². The minimum atomic E-state index is -0.588. The predicted octanol–water partition coefficient (Wildman–Crippen LogP) is 1.89. The van der Waals surface area contributed by atoms with Crippen molar-refractivity contribution in [3.63, 3.8) is 0 Å². The van der Waals surface area contributed by atoms with Crippen LogP contribution in [0.25, 0.3) is 0 Å². The molecule has 120 valence electrons. The van der Waals surface area contributed by atoms with Crippen LogP contribution in [0.5, 0.6) is 0 Å². The fourth-order valence-corrected chi connectivity index (χ4v) is 2.70. The fraction of sp³-hybridized carbons (Fsp3) is 0.500. The van der Waals surface area contributed by atoms with Crippen LogP contribution in [0.15, 0.2) is 24.3 Å². The first-order valence-corrected chi connectivity index (χ1v) is 7.74. The van der Waals surface area contributed by atoms with E-state index >= 15 is 0 Å². The van der Waals surface area contributed by atoms with Gasteiger partial charge in [0.2, 0.25) is 5.91 Å². The number of carbonyl (C=O) groups excluding carboxylic acids is 2. The van der Waals surface area contributed by atoms with Gasteiger partial charge < -0.3 is 21.7 Å². The van der Waals surface area contributed by atoms with Crippen molar-refractivity contribution in [3.05, 3.63) is 29.8 Å². The SMILES string of the molecule is CC(NC(=O)CCC1CCCN1)c1ccc(NC(N)=O)cc1. The zero-order chi connectivity index (χ0) is 15.9. The van der Waals surface area contributed by atoms with E-state index in [1.807, 2.05) is 19.1 Å². The van der Waals surface area contributed by atoms with Crippen molar-refractivity contribution in [1.29, 1.82) is 0 Å². The third-order valence-corrected chi connectivity index (χ3v) is 3.94. The number of hydrogen-bond donors (Lipinski definition) is 4. The van der Waals surface area contributed by atoms with E-state index in [0.29, 0.717) is 18.2 Å². The fourth-order valence-electron chi connectivity index (χ4n) is 2.70. The molecule has 6 nitrogen and oxygen atoms in total. The first-order chi connectivity index (χ1) is 10.5. The summed E-state index contributed by atoms with van der Waals surface area (Å²) in [6.45, 7) is 3.01. The Bertz CT molecular complexity index is 509. The van der Waals surface area contributed by atoms with Crippen molar-refractivity contribution in [2.75, 3.05) is 11.9 Å². The summed E-state index contributed by atoms with van der Waals surface area (Å²) < 4.78 is 0. The summed E-state index contributed by atoms with van der Waals surface area (Å²) in [5, 5.41) is 8.90. The largest absolute Gasteiger partial charge is 0.351 e. The standard InChI is InChI=1S/C16H24N4O2/c1-11(12-4-6-14(7-5-12)20-16(17)22)19-15(21)9-8-13-3-2-10-18-13/h4-7,11,13,18H,2-3,8-10H2,1H3,(H,19,21)(H3,17,20,22). The molecule has 0 aliphatic carbocycles. The van der Waals surface area contributed by atoms with Crippen molar-refractivity contribution < 1.29 is 9.59 Å². The summed E-state index contributed by atoms with van der Waals surface area (Å²) in [6, 6.07) is 7.11. The summed E-state index contributed by atoms with van der Waals surface area (Å²) in [6.07, 6.45) is 3.80. The molecule has 1 aliphatic heterocycles. The number of rotatable bonds is 6. The zero-order valence-corrected chi connectivity index (χ0v) is 12.9. The molecule has 3 amide bonds. The van der Waals surface area contributed by atoms with Crippen LogP contribution in [-0.4, -0.2) is 24.5 Å². The smallest absolute Gasteiger partial charge is 0.316 e. The molecule has 0 saturated carbocycles. The highest BCUT2D eigenvalue weighted by Crippen LogP contribution is 2.17. The number of urea groups is 1. The number of hydrogen-bond acceptors (Lipinski definition) is 3. The molecule has 1 fully saturated rings. The molecule has 0 aromatic heterocycles. The van der Waals surface area contributed by atoms with Crippen LogP contribution in [0.4, 0.5) is 10.5 Å². The summed E-state index contributed by atoms with van der Waals surface area (Å²) in [7, 11) is 0. The second-order valence-electron chi connectivity index (χ2n) is 5.73. The number of nitrogens with two attached hydrogens (primary N) is 1. The predicted molar refractivity (Wildman–Crippen MR) is 86.5 cm³/mol. The summed E-state index contributed by atoms with van der Waals surface area (Å²) in [5.74, 6) is 0.0699. The number of nitrogens with one attached hydrogen (secondary N) is 3. The highest BCUT2D eigenvalue weighted by Gasteiger charge is 2.16. The highest BCUT2D eigenvalue weighted by molar-refractivity contribution is 5.87. The zero-order valence-electron chi connectivity index (χ0n) is 12.9. The Kier molecular flexibility index (Phi) is 5.77. The minimum Gasteiger partial charge on any atom is -0.351 e. The number of carbonyl (C=O) groups is 2. The van der Waals surface area contributed by atoms with E-state index in [1.54, 1.807) is 12.1 Å². The van der Waals surface area contributed by atoms with Gasteiger partial charge in [0.1, 0.15) is 0 Å². The van der Waals surface area contributed by atoms with Crippen LogP contribution in [0.3, 0.4) is 0 Å². The lowest BCUT2D eigenvalue weighted by atomic mass is 10.1. The molecule has 1 aromatic carbocycles. The normalized spacial score (nSPS) is 18.7. The molecule has 1 heterocycles. The van der Waals surface area contributed by atoms with Gasteiger partial charge in [-0.3, -0.25) is 4.79 Å². The maximum Gasteiger partial charge on any atom is 0.316 e. The van der Waals surface area contributed by atoms with E-state index in [0.717, 1.165) is 24.9 Å². The molecule has 1 aliphatic rings. The number of primary amides is 1. The van der Waals surface area contributed by atoms with E-state index in [2.05, 4.69) is 16.0 Å². The van der Waals surface area contributed by atoms with Gasteiger partial charge >= 0.3 is 6.03 Å². The first kappa shape index (κ1) is 16.3. The van der Waals surface area contributed by atoms with E-state index in [-0.39, 0.29) is 11.9 Å². The van der Waals surface area contributed by atoms with Gasteiger partial charge in [-0.05, 0) is 50.4 Å². The van der Waals surface area contributed by atoms with Gasteiger partial charge in [-0.15, -0.1) is 0 Å². The average Bonchev–Trinajstić information content (AvgIpc) is 2.98. The van der Waals surface area contributed by atoms with Crippen LogP contribution >= 0.6 is 0 Å². The quantitative estimate of drug-likeness (QED) is 0.646. The van der Waals surface area contributed by atoms with Gasteiger partial charge in [-0.25, -0.2) is 4.79 Å². The minimum absolute atomic E-state index is 0.0633. The van der Waals surface area contributed by atoms with Gasteiger partial charge in [0.05, 0.1) is 6.04 Å². The van der Waals surface area contributed by atoms with Gasteiger partial charge in [0.15, 0.2) is 0 Å². The second kappa shape index (κ2) is 7.79. The van der Waals surface area contributed by atoms with Crippen molar-refractivity contribution in [2.24, 2.45) is 5.73 Å². The molecule has 1 aromatic rings. The Labute approximate surface area is 130 Å². The maximum absolute atomic E-state index is 12.0. The highest BCUT2D eigenvalue weighted by atomic mass is 16.2. The lowest BCUT2D eigenvalue weighted by Gasteiger charge is -2.16. The number of amides is 3. The van der Waals surface area contributed by atoms with Crippen molar-refractivity contribution in [1.82, 2.24) is 10.6 Å². The van der Waals surface area contributed by atoms with Crippen molar-refractivity contribution in [3.8, 4) is 0 Å². The summed E-state index contributed by atoms with van der Waals surface area (Å²) in [4.78, 5) is 22.7. The third-order valence-electron chi connectivity index (χ3n) is 3.94. The van der Waals surface area contributed by atoms with Gasteiger partial charge in [0, 0.05) is 18.2 Å². The molecule has 2 rings (SSSR count). The molecule has 0 radical (unpaired) electrons. The van der Waals surface area contributed by atoms with Gasteiger partial charge in [-0.2, -0.15) is 0 Å². The number of anilines is 1. The Morgan fingerprint density at radius 2 is 2.09 bits per heavy atom. The lowest BCUT2D eigenvalue weighted by molar-refractivity contribution is -0.121. The van der Waals surface area contributed by atoms with Crippen molar-refractivity contribution in [2.45, 2.75) is 44.7 Å². The topological polar surface area (TPSA) is 96.2 Å². The monoisotopic (exact) mass is 304 g/mol. The Balaban J connectivity index is 1.78. The van der Waals surface area contributed by atoms with Crippen LogP contribution in [-0.2, 0) is 4.79 Å². The van der Waals surface area contributed by atoms with Crippen LogP contribution in [0.2, 0.25) is 0 Å². The Morgan fingerprint density at radius 1 is 1.36 bits per heavy atom. The van der Waals surface area contributed by atoms with Crippen molar-refractivity contribution >= 4 is 17.6 Å². The molecule has 2 atom stereocenters. The molecule has 22 heavy (non-hydrogen) atoms. The van der Waals surface area contributed by atoms with E-state index in [9.17, 15) is 9.59 Å². The Hall–Kier alpha value is -2.08. The molecule has 5 N–H and O–H groups in total. The van der Waals surface area contributed by atoms with E-state index in [4.69, 9.17) is 5.73 Å². The lowest BCUT2D eigenvalue weighted by Crippen LogP contribution is -2.29. The molecule has 0 bridgehead atoms. The molecule has 1 saturated heterocycles. The first-order valence-electron chi connectivity index (χ1n) is 7.74. The Morgan fingerprint density at radius 3 is 2.68 bits per heavy atom. The molecular weight excluding hydrogens is 280 g/mol. The number of benzene rings is 1. The van der Waals surface area contributed by atoms with Crippen LogP contribution in [0.1, 0.15) is 44.2 Å². The molecular formula is C16H24N4O2.